The number of aromatic nitrogens is 1. The number of nitro benzene ring substituents is 1. The summed E-state index contributed by atoms with van der Waals surface area (Å²) in [5.74, 6) is -0.675. The van der Waals surface area contributed by atoms with Gasteiger partial charge in [0.2, 0.25) is 0 Å². The Balaban J connectivity index is 1.80. The van der Waals surface area contributed by atoms with E-state index in [9.17, 15) is 19.7 Å². The second kappa shape index (κ2) is 8.17. The van der Waals surface area contributed by atoms with Crippen molar-refractivity contribution in [2.24, 2.45) is 0 Å². The zero-order valence-electron chi connectivity index (χ0n) is 15.0. The molecule has 0 atom stereocenters. The highest BCUT2D eigenvalue weighted by atomic mass is 16.7. The molecule has 8 heteroatoms. The fourth-order valence-corrected chi connectivity index (χ4v) is 2.52. The van der Waals surface area contributed by atoms with E-state index in [4.69, 9.17) is 4.84 Å². The third-order valence-electron chi connectivity index (χ3n) is 4.05. The topological polar surface area (TPSA) is 103 Å². The molecule has 2 aromatic carbocycles. The average molecular weight is 379 g/mol. The van der Waals surface area contributed by atoms with Crippen LogP contribution < -0.4 is 15.7 Å². The summed E-state index contributed by atoms with van der Waals surface area (Å²) < 4.78 is 0.988. The molecule has 28 heavy (non-hydrogen) atoms. The lowest BCUT2D eigenvalue weighted by Crippen LogP contribution is -2.32. The molecule has 1 N–H and O–H groups in total. The van der Waals surface area contributed by atoms with Gasteiger partial charge in [0.25, 0.3) is 17.2 Å². The van der Waals surface area contributed by atoms with Crippen LogP contribution in [0.15, 0.2) is 71.7 Å². The van der Waals surface area contributed by atoms with Gasteiger partial charge >= 0.3 is 0 Å². The first-order chi connectivity index (χ1) is 13.5. The fraction of sp³-hybridized carbons (Fsp3) is 0.100. The van der Waals surface area contributed by atoms with Crippen LogP contribution in [-0.2, 0) is 6.61 Å². The highest BCUT2D eigenvalue weighted by Gasteiger charge is 2.16. The van der Waals surface area contributed by atoms with E-state index in [1.807, 2.05) is 30.3 Å². The standard InChI is InChI=1S/C20H17N3O5/c1-14-9-10-16(23(26)27)12-18(14)21-19(24)17-8-5-11-22(20(17)25)28-13-15-6-3-2-4-7-15/h2-12H,13H2,1H3,(H,21,24). The lowest BCUT2D eigenvalue weighted by Gasteiger charge is -2.11. The number of hydrogen-bond acceptors (Lipinski definition) is 5. The van der Waals surface area contributed by atoms with Gasteiger partial charge in [0, 0.05) is 18.3 Å². The van der Waals surface area contributed by atoms with Gasteiger partial charge in [0.1, 0.15) is 12.2 Å². The maximum absolute atomic E-state index is 12.6. The van der Waals surface area contributed by atoms with Crippen molar-refractivity contribution in [3.63, 3.8) is 0 Å². The molecule has 1 aromatic heterocycles. The van der Waals surface area contributed by atoms with Crippen molar-refractivity contribution >= 4 is 17.3 Å². The third kappa shape index (κ3) is 4.24. The Morgan fingerprint density at radius 3 is 2.61 bits per heavy atom. The van der Waals surface area contributed by atoms with E-state index in [2.05, 4.69) is 5.32 Å². The van der Waals surface area contributed by atoms with Crippen molar-refractivity contribution in [3.8, 4) is 0 Å². The van der Waals surface area contributed by atoms with E-state index in [0.29, 0.717) is 5.56 Å². The molecular formula is C20H17N3O5. The molecule has 0 spiro atoms. The highest BCUT2D eigenvalue weighted by Crippen LogP contribution is 2.22. The van der Waals surface area contributed by atoms with Gasteiger partial charge in [-0.25, -0.2) is 0 Å². The summed E-state index contributed by atoms with van der Waals surface area (Å²) in [6, 6.07) is 16.3. The molecule has 3 rings (SSSR count). The molecule has 1 amide bonds. The number of carbonyl (C=O) groups is 1. The molecule has 142 valence electrons. The largest absolute Gasteiger partial charge is 0.406 e. The van der Waals surface area contributed by atoms with Crippen LogP contribution in [0.4, 0.5) is 11.4 Å². The van der Waals surface area contributed by atoms with Crippen molar-refractivity contribution in [1.82, 2.24) is 4.73 Å². The van der Waals surface area contributed by atoms with Crippen molar-refractivity contribution < 1.29 is 14.6 Å². The van der Waals surface area contributed by atoms with E-state index in [0.717, 1.165) is 10.3 Å². The minimum absolute atomic E-state index is 0.138. The van der Waals surface area contributed by atoms with Gasteiger partial charge in [-0.1, -0.05) is 36.4 Å². The van der Waals surface area contributed by atoms with Gasteiger partial charge in [-0.15, -0.1) is 0 Å². The van der Waals surface area contributed by atoms with Gasteiger partial charge in [-0.3, -0.25) is 19.7 Å². The van der Waals surface area contributed by atoms with Gasteiger partial charge < -0.3 is 10.2 Å². The Morgan fingerprint density at radius 2 is 1.89 bits per heavy atom. The van der Waals surface area contributed by atoms with Crippen LogP contribution in [0.5, 0.6) is 0 Å². The SMILES string of the molecule is Cc1ccc([N+](=O)[O-])cc1NC(=O)c1cccn(OCc2ccccc2)c1=O. The van der Waals surface area contributed by atoms with Crippen molar-refractivity contribution in [2.75, 3.05) is 5.32 Å². The van der Waals surface area contributed by atoms with Crippen molar-refractivity contribution in [2.45, 2.75) is 13.5 Å². The molecule has 1 heterocycles. The molecule has 0 bridgehead atoms. The number of pyridine rings is 1. The summed E-state index contributed by atoms with van der Waals surface area (Å²) in [7, 11) is 0. The zero-order valence-corrected chi connectivity index (χ0v) is 15.0. The van der Waals surface area contributed by atoms with Crippen LogP contribution >= 0.6 is 0 Å². The fourth-order valence-electron chi connectivity index (χ4n) is 2.52. The summed E-state index contributed by atoms with van der Waals surface area (Å²) in [4.78, 5) is 40.9. The van der Waals surface area contributed by atoms with Gasteiger partial charge in [-0.05, 0) is 30.2 Å². The van der Waals surface area contributed by atoms with Crippen LogP contribution in [0, 0.1) is 17.0 Å². The Hall–Kier alpha value is -3.94. The first-order valence-electron chi connectivity index (χ1n) is 8.41. The number of hydrogen-bond donors (Lipinski definition) is 1. The molecule has 8 nitrogen and oxygen atoms in total. The molecule has 0 radical (unpaired) electrons. The van der Waals surface area contributed by atoms with Crippen molar-refractivity contribution in [1.29, 1.82) is 0 Å². The lowest BCUT2D eigenvalue weighted by molar-refractivity contribution is -0.384. The summed E-state index contributed by atoms with van der Waals surface area (Å²) in [6.07, 6.45) is 1.42. The average Bonchev–Trinajstić information content (AvgIpc) is 2.69. The predicted octanol–water partition coefficient (Wildman–Crippen LogP) is 2.95. The second-order valence-corrected chi connectivity index (χ2v) is 6.02. The Kier molecular flexibility index (Phi) is 5.50. The summed E-state index contributed by atoms with van der Waals surface area (Å²) in [6.45, 7) is 1.86. The number of nitrogens with zero attached hydrogens (tertiary/aromatic N) is 2. The molecule has 0 unspecified atom stereocenters. The number of rotatable bonds is 6. The number of non-ortho nitro benzene ring substituents is 1. The predicted molar refractivity (Wildman–Crippen MR) is 103 cm³/mol. The number of amides is 1. The second-order valence-electron chi connectivity index (χ2n) is 6.02. The third-order valence-corrected chi connectivity index (χ3v) is 4.05. The van der Waals surface area contributed by atoms with Gasteiger partial charge in [-0.2, -0.15) is 4.73 Å². The van der Waals surface area contributed by atoms with E-state index < -0.39 is 16.4 Å². The van der Waals surface area contributed by atoms with E-state index in [-0.39, 0.29) is 23.5 Å². The normalized spacial score (nSPS) is 10.3. The minimum atomic E-state index is -0.675. The van der Waals surface area contributed by atoms with Crippen molar-refractivity contribution in [3.05, 3.63) is 104 Å². The van der Waals surface area contributed by atoms with Crippen LogP contribution in [0.2, 0.25) is 0 Å². The van der Waals surface area contributed by atoms with E-state index >= 15 is 0 Å². The molecule has 0 fully saturated rings. The molecule has 3 aromatic rings. The summed E-state index contributed by atoms with van der Waals surface area (Å²) in [5, 5.41) is 13.5. The highest BCUT2D eigenvalue weighted by molar-refractivity contribution is 6.04. The first-order valence-corrected chi connectivity index (χ1v) is 8.41. The summed E-state index contributed by atoms with van der Waals surface area (Å²) in [5.41, 5.74) is 0.851. The maximum Gasteiger partial charge on any atom is 0.295 e. The number of carbonyl (C=O) groups excluding carboxylic acids is 1. The van der Waals surface area contributed by atoms with Crippen LogP contribution in [0.25, 0.3) is 0 Å². The summed E-state index contributed by atoms with van der Waals surface area (Å²) >= 11 is 0. The smallest absolute Gasteiger partial charge is 0.295 e. The Bertz CT molecular complexity index is 1080. The van der Waals surface area contributed by atoms with Crippen LogP contribution in [0.3, 0.4) is 0 Å². The molecular weight excluding hydrogens is 362 g/mol. The number of anilines is 1. The molecule has 0 saturated heterocycles. The zero-order chi connectivity index (χ0) is 20.1. The minimum Gasteiger partial charge on any atom is -0.406 e. The first kappa shape index (κ1) is 18.8. The number of nitro groups is 1. The van der Waals surface area contributed by atoms with Crippen LogP contribution in [0.1, 0.15) is 21.5 Å². The monoisotopic (exact) mass is 379 g/mol. The van der Waals surface area contributed by atoms with Crippen LogP contribution in [-0.4, -0.2) is 15.6 Å². The Morgan fingerprint density at radius 1 is 1.14 bits per heavy atom. The van der Waals surface area contributed by atoms with Gasteiger partial charge in [0.05, 0.1) is 10.6 Å². The van der Waals surface area contributed by atoms with E-state index in [1.54, 1.807) is 6.92 Å². The molecule has 0 aliphatic heterocycles. The Labute approximate surface area is 160 Å². The number of aryl methyl sites for hydroxylation is 1. The van der Waals surface area contributed by atoms with E-state index in [1.165, 1.54) is 36.5 Å². The molecule has 0 aliphatic rings. The quantitative estimate of drug-likeness (QED) is 0.524. The lowest BCUT2D eigenvalue weighted by atomic mass is 10.1. The maximum atomic E-state index is 12.6. The number of nitrogens with one attached hydrogen (secondary N) is 1. The molecule has 0 aliphatic carbocycles. The van der Waals surface area contributed by atoms with Gasteiger partial charge in [0.15, 0.2) is 0 Å². The number of benzene rings is 2. The molecule has 0 saturated carbocycles.